The Morgan fingerprint density at radius 3 is 2.28 bits per heavy atom. The largest absolute Gasteiger partial charge is 0.383 e. The Morgan fingerprint density at radius 1 is 1.12 bits per heavy atom. The van der Waals surface area contributed by atoms with E-state index >= 15 is 0 Å². The van der Waals surface area contributed by atoms with E-state index in [0.29, 0.717) is 5.69 Å². The van der Waals surface area contributed by atoms with Crippen LogP contribution >= 0.6 is 0 Å². The Labute approximate surface area is 146 Å². The van der Waals surface area contributed by atoms with Crippen LogP contribution in [0.3, 0.4) is 0 Å². The van der Waals surface area contributed by atoms with E-state index < -0.39 is 21.7 Å². The SMILES string of the molecule is COC[C@H](C)NS(=O)(=O)c1ccc(C(=O)Nc2ccc(F)cc2)cc1. The van der Waals surface area contributed by atoms with Gasteiger partial charge in [0.2, 0.25) is 10.0 Å². The van der Waals surface area contributed by atoms with Crippen molar-refractivity contribution in [3.8, 4) is 0 Å². The first-order chi connectivity index (χ1) is 11.8. The molecule has 1 atom stereocenters. The Kier molecular flexibility index (Phi) is 6.24. The lowest BCUT2D eigenvalue weighted by atomic mass is 10.2. The van der Waals surface area contributed by atoms with Crippen LogP contribution in [0.15, 0.2) is 53.4 Å². The normalized spacial score (nSPS) is 12.6. The molecule has 2 rings (SSSR count). The number of sulfonamides is 1. The molecule has 0 aromatic heterocycles. The molecule has 0 fully saturated rings. The Morgan fingerprint density at radius 2 is 1.72 bits per heavy atom. The molecule has 0 aliphatic rings. The molecule has 0 saturated heterocycles. The quantitative estimate of drug-likeness (QED) is 0.788. The number of rotatable bonds is 7. The van der Waals surface area contributed by atoms with Gasteiger partial charge in [0.1, 0.15) is 5.82 Å². The predicted molar refractivity (Wildman–Crippen MR) is 92.5 cm³/mol. The van der Waals surface area contributed by atoms with Crippen LogP contribution in [0, 0.1) is 5.82 Å². The zero-order chi connectivity index (χ0) is 18.4. The first kappa shape index (κ1) is 19.0. The van der Waals surface area contributed by atoms with Gasteiger partial charge in [-0.2, -0.15) is 0 Å². The number of hydrogen-bond donors (Lipinski definition) is 2. The van der Waals surface area contributed by atoms with Crippen molar-refractivity contribution in [2.24, 2.45) is 0 Å². The Balaban J connectivity index is 2.08. The summed E-state index contributed by atoms with van der Waals surface area (Å²) in [5.74, 6) is -0.820. The number of carbonyl (C=O) groups is 1. The molecule has 0 aliphatic heterocycles. The summed E-state index contributed by atoms with van der Waals surface area (Å²) in [4.78, 5) is 12.2. The molecule has 0 saturated carbocycles. The van der Waals surface area contributed by atoms with Crippen molar-refractivity contribution in [1.29, 1.82) is 0 Å². The fourth-order valence-corrected chi connectivity index (χ4v) is 3.37. The van der Waals surface area contributed by atoms with Crippen molar-refractivity contribution >= 4 is 21.6 Å². The van der Waals surface area contributed by atoms with Crippen LogP contribution in [0.2, 0.25) is 0 Å². The standard InChI is InChI=1S/C17H19FN2O4S/c1-12(11-24-2)20-25(22,23)16-9-3-13(4-10-16)17(21)19-15-7-5-14(18)6-8-15/h3-10,12,20H,11H2,1-2H3,(H,19,21)/t12-/m0/s1. The molecule has 25 heavy (non-hydrogen) atoms. The second-order valence-electron chi connectivity index (χ2n) is 5.46. The van der Waals surface area contributed by atoms with E-state index in [1.54, 1.807) is 6.92 Å². The summed E-state index contributed by atoms with van der Waals surface area (Å²) in [6, 6.07) is 10.5. The smallest absolute Gasteiger partial charge is 0.255 e. The minimum atomic E-state index is -3.69. The van der Waals surface area contributed by atoms with Crippen LogP contribution in [0.1, 0.15) is 17.3 Å². The summed E-state index contributed by atoms with van der Waals surface area (Å²) in [7, 11) is -2.21. The molecule has 6 nitrogen and oxygen atoms in total. The number of ether oxygens (including phenoxy) is 1. The van der Waals surface area contributed by atoms with E-state index in [2.05, 4.69) is 10.0 Å². The lowest BCUT2D eigenvalue weighted by Crippen LogP contribution is -2.35. The van der Waals surface area contributed by atoms with Crippen molar-refractivity contribution in [3.05, 3.63) is 59.9 Å². The third-order valence-corrected chi connectivity index (χ3v) is 4.91. The Bertz CT molecular complexity index is 821. The summed E-state index contributed by atoms with van der Waals surface area (Å²) >= 11 is 0. The van der Waals surface area contributed by atoms with Gasteiger partial charge in [0, 0.05) is 24.4 Å². The van der Waals surface area contributed by atoms with E-state index in [-0.39, 0.29) is 23.1 Å². The summed E-state index contributed by atoms with van der Waals surface area (Å²) in [5, 5.41) is 2.61. The number of nitrogens with one attached hydrogen (secondary N) is 2. The van der Waals surface area contributed by atoms with Gasteiger partial charge < -0.3 is 10.1 Å². The van der Waals surface area contributed by atoms with Crippen molar-refractivity contribution in [3.63, 3.8) is 0 Å². The molecule has 0 spiro atoms. The van der Waals surface area contributed by atoms with Gasteiger partial charge in [-0.25, -0.2) is 17.5 Å². The van der Waals surface area contributed by atoms with Gasteiger partial charge in [-0.1, -0.05) is 0 Å². The summed E-state index contributed by atoms with van der Waals surface area (Å²) in [6.45, 7) is 1.93. The van der Waals surface area contributed by atoms with E-state index in [0.717, 1.165) is 0 Å². The molecule has 2 aromatic carbocycles. The fourth-order valence-electron chi connectivity index (χ4n) is 2.14. The lowest BCUT2D eigenvalue weighted by Gasteiger charge is -2.13. The van der Waals surface area contributed by atoms with Gasteiger partial charge in [0.15, 0.2) is 0 Å². The van der Waals surface area contributed by atoms with Crippen LogP contribution in [0.4, 0.5) is 10.1 Å². The fraction of sp³-hybridized carbons (Fsp3) is 0.235. The highest BCUT2D eigenvalue weighted by molar-refractivity contribution is 7.89. The number of amides is 1. The van der Waals surface area contributed by atoms with Gasteiger partial charge in [-0.15, -0.1) is 0 Å². The maximum atomic E-state index is 12.9. The van der Waals surface area contributed by atoms with E-state index in [1.807, 2.05) is 0 Å². The molecule has 0 radical (unpaired) electrons. The third-order valence-electron chi connectivity index (χ3n) is 3.30. The van der Waals surface area contributed by atoms with Crippen LogP contribution in [-0.4, -0.2) is 34.1 Å². The maximum absolute atomic E-state index is 12.9. The number of carbonyl (C=O) groups excluding carboxylic acids is 1. The Hall–Kier alpha value is -2.29. The predicted octanol–water partition coefficient (Wildman–Crippen LogP) is 2.39. The zero-order valence-corrected chi connectivity index (χ0v) is 14.6. The van der Waals surface area contributed by atoms with Crippen LogP contribution in [-0.2, 0) is 14.8 Å². The van der Waals surface area contributed by atoms with E-state index in [4.69, 9.17) is 4.74 Å². The third kappa shape index (κ3) is 5.35. The highest BCUT2D eigenvalue weighted by Crippen LogP contribution is 2.14. The van der Waals surface area contributed by atoms with Gasteiger partial charge in [-0.05, 0) is 55.5 Å². The maximum Gasteiger partial charge on any atom is 0.255 e. The second kappa shape index (κ2) is 8.19. The number of anilines is 1. The molecule has 0 heterocycles. The van der Waals surface area contributed by atoms with E-state index in [9.17, 15) is 17.6 Å². The molecular weight excluding hydrogens is 347 g/mol. The minimum Gasteiger partial charge on any atom is -0.383 e. The van der Waals surface area contributed by atoms with Gasteiger partial charge in [0.25, 0.3) is 5.91 Å². The average Bonchev–Trinajstić information content (AvgIpc) is 2.57. The van der Waals surface area contributed by atoms with Gasteiger partial charge in [-0.3, -0.25) is 4.79 Å². The van der Waals surface area contributed by atoms with Crippen molar-refractivity contribution in [2.75, 3.05) is 19.0 Å². The average molecular weight is 366 g/mol. The van der Waals surface area contributed by atoms with Crippen molar-refractivity contribution in [2.45, 2.75) is 17.9 Å². The molecular formula is C17H19FN2O4S. The molecule has 8 heteroatoms. The first-order valence-corrected chi connectivity index (χ1v) is 8.98. The molecule has 1 amide bonds. The molecule has 0 aliphatic carbocycles. The summed E-state index contributed by atoms with van der Waals surface area (Å²) < 4.78 is 44.7. The first-order valence-electron chi connectivity index (χ1n) is 7.50. The number of benzene rings is 2. The minimum absolute atomic E-state index is 0.0498. The molecule has 2 N–H and O–H groups in total. The number of methoxy groups -OCH3 is 1. The van der Waals surface area contributed by atoms with Crippen molar-refractivity contribution < 1.29 is 22.3 Å². The van der Waals surface area contributed by atoms with E-state index in [1.165, 1.54) is 55.6 Å². The summed E-state index contributed by atoms with van der Waals surface area (Å²) in [5.41, 5.74) is 0.728. The highest BCUT2D eigenvalue weighted by atomic mass is 32.2. The van der Waals surface area contributed by atoms with Gasteiger partial charge >= 0.3 is 0 Å². The van der Waals surface area contributed by atoms with Gasteiger partial charge in [0.05, 0.1) is 11.5 Å². The molecule has 134 valence electrons. The molecule has 2 aromatic rings. The second-order valence-corrected chi connectivity index (χ2v) is 7.18. The number of hydrogen-bond acceptors (Lipinski definition) is 4. The summed E-state index contributed by atoms with van der Waals surface area (Å²) in [6.07, 6.45) is 0. The topological polar surface area (TPSA) is 84.5 Å². The lowest BCUT2D eigenvalue weighted by molar-refractivity contribution is 0.102. The number of halogens is 1. The molecule has 0 bridgehead atoms. The zero-order valence-electron chi connectivity index (χ0n) is 13.8. The van der Waals surface area contributed by atoms with Crippen LogP contribution in [0.5, 0.6) is 0 Å². The monoisotopic (exact) mass is 366 g/mol. The van der Waals surface area contributed by atoms with Crippen LogP contribution in [0.25, 0.3) is 0 Å². The highest BCUT2D eigenvalue weighted by Gasteiger charge is 2.18. The van der Waals surface area contributed by atoms with Crippen molar-refractivity contribution in [1.82, 2.24) is 4.72 Å². The van der Waals surface area contributed by atoms with Crippen LogP contribution < -0.4 is 10.0 Å². The molecule has 0 unspecified atom stereocenters.